The Morgan fingerprint density at radius 1 is 1.03 bits per heavy atom. The van der Waals surface area contributed by atoms with E-state index in [2.05, 4.69) is 37.4 Å². The number of hydrogen-bond donors (Lipinski definition) is 2. The maximum atomic E-state index is 11.9. The van der Waals surface area contributed by atoms with Crippen molar-refractivity contribution in [1.82, 2.24) is 0 Å². The SMILES string of the molecule is CC(CO)CCC[C@@H](C)[C@H]1CC[C@H]2[C@@H]3CC=C4C[C@@H](OS(=O)(=O)OS(=O)(=O)O)CC[C@]4(C)[C@H]3CC[C@]12C. The van der Waals surface area contributed by atoms with Gasteiger partial charge in [0.05, 0.1) is 6.10 Å². The van der Waals surface area contributed by atoms with Gasteiger partial charge >= 0.3 is 20.8 Å². The second-order valence-electron chi connectivity index (χ2n) is 13.0. The van der Waals surface area contributed by atoms with Gasteiger partial charge < -0.3 is 5.11 Å². The molecule has 1 unspecified atom stereocenters. The molecule has 0 bridgehead atoms. The van der Waals surface area contributed by atoms with Crippen LogP contribution in [0, 0.1) is 46.3 Å². The van der Waals surface area contributed by atoms with E-state index in [1.165, 1.54) is 44.1 Å². The molecule has 0 amide bonds. The molecule has 3 fully saturated rings. The summed E-state index contributed by atoms with van der Waals surface area (Å²) in [6.45, 7) is 9.71. The molecule has 0 aromatic carbocycles. The molecule has 9 atom stereocenters. The van der Waals surface area contributed by atoms with Crippen LogP contribution >= 0.6 is 0 Å². The molecule has 3 saturated carbocycles. The van der Waals surface area contributed by atoms with E-state index in [9.17, 15) is 21.9 Å². The summed E-state index contributed by atoms with van der Waals surface area (Å²) in [6, 6.07) is 0. The molecule has 4 rings (SSSR count). The third-order valence-electron chi connectivity index (χ3n) is 10.9. The zero-order valence-corrected chi connectivity index (χ0v) is 24.4. The molecule has 2 N–H and O–H groups in total. The lowest BCUT2D eigenvalue weighted by Crippen LogP contribution is -2.51. The van der Waals surface area contributed by atoms with E-state index in [1.807, 2.05) is 0 Å². The highest BCUT2D eigenvalue weighted by molar-refractivity contribution is 7.94. The van der Waals surface area contributed by atoms with Gasteiger partial charge in [-0.15, -0.1) is 3.63 Å². The van der Waals surface area contributed by atoms with Crippen molar-refractivity contribution in [3.8, 4) is 0 Å². The zero-order chi connectivity index (χ0) is 27.2. The fourth-order valence-corrected chi connectivity index (χ4v) is 10.5. The van der Waals surface area contributed by atoms with Crippen molar-refractivity contribution in [3.05, 3.63) is 11.6 Å². The van der Waals surface area contributed by atoms with E-state index in [0.29, 0.717) is 47.8 Å². The molecule has 4 aliphatic rings. The van der Waals surface area contributed by atoms with Crippen LogP contribution in [0.4, 0.5) is 0 Å². The molecule has 8 nitrogen and oxygen atoms in total. The van der Waals surface area contributed by atoms with Crippen LogP contribution in [-0.2, 0) is 28.6 Å². The number of rotatable bonds is 10. The number of fused-ring (bicyclic) bond motifs is 5. The highest BCUT2D eigenvalue weighted by Crippen LogP contribution is 2.67. The molecule has 4 aliphatic carbocycles. The molecule has 0 aliphatic heterocycles. The van der Waals surface area contributed by atoms with E-state index in [1.54, 1.807) is 0 Å². The van der Waals surface area contributed by atoms with Gasteiger partial charge in [-0.25, -0.2) is 4.18 Å². The van der Waals surface area contributed by atoms with Crippen LogP contribution in [0.25, 0.3) is 0 Å². The average Bonchev–Trinajstić information content (AvgIpc) is 3.14. The Hall–Kier alpha value is -0.520. The van der Waals surface area contributed by atoms with Gasteiger partial charge in [0.2, 0.25) is 0 Å². The Morgan fingerprint density at radius 2 is 1.76 bits per heavy atom. The summed E-state index contributed by atoms with van der Waals surface area (Å²) in [7, 11) is -10.0. The van der Waals surface area contributed by atoms with E-state index in [-0.39, 0.29) is 12.0 Å². The Labute approximate surface area is 223 Å². The van der Waals surface area contributed by atoms with Gasteiger partial charge in [-0.05, 0) is 104 Å². The summed E-state index contributed by atoms with van der Waals surface area (Å²) >= 11 is 0. The van der Waals surface area contributed by atoms with Crippen LogP contribution in [0.5, 0.6) is 0 Å². The molecule has 10 heteroatoms. The summed E-state index contributed by atoms with van der Waals surface area (Å²) in [5.41, 5.74) is 1.59. The lowest BCUT2D eigenvalue weighted by atomic mass is 9.47. The quantitative estimate of drug-likeness (QED) is 0.266. The lowest BCUT2D eigenvalue weighted by molar-refractivity contribution is -0.0560. The van der Waals surface area contributed by atoms with Crippen molar-refractivity contribution in [2.24, 2.45) is 46.3 Å². The number of aliphatic hydroxyl groups excluding tert-OH is 1. The minimum absolute atomic E-state index is 0.00190. The first kappa shape index (κ1) is 29.5. The second-order valence-corrected chi connectivity index (χ2v) is 15.5. The maximum Gasteiger partial charge on any atom is 0.416 e. The largest absolute Gasteiger partial charge is 0.416 e. The highest BCUT2D eigenvalue weighted by atomic mass is 32.3. The maximum absolute atomic E-state index is 11.9. The normalized spacial score (nSPS) is 39.7. The minimum Gasteiger partial charge on any atom is -0.396 e. The van der Waals surface area contributed by atoms with Crippen LogP contribution < -0.4 is 0 Å². The number of hydrogen-bond acceptors (Lipinski definition) is 7. The predicted molar refractivity (Wildman–Crippen MR) is 141 cm³/mol. The van der Waals surface area contributed by atoms with Crippen LogP contribution in [-0.4, -0.2) is 39.2 Å². The minimum atomic E-state index is -5.16. The zero-order valence-electron chi connectivity index (χ0n) is 22.8. The number of allylic oxidation sites excluding steroid dienone is 1. The summed E-state index contributed by atoms with van der Waals surface area (Å²) in [5.74, 6) is 3.75. The molecule has 0 heterocycles. The first-order valence-corrected chi connectivity index (χ1v) is 16.8. The summed E-state index contributed by atoms with van der Waals surface area (Å²) < 4.78 is 63.1. The van der Waals surface area contributed by atoms with Gasteiger partial charge in [0.1, 0.15) is 0 Å². The Bertz CT molecular complexity index is 1070. The van der Waals surface area contributed by atoms with Crippen LogP contribution in [0.1, 0.15) is 98.3 Å². The predicted octanol–water partition coefficient (Wildman–Crippen LogP) is 5.45. The third kappa shape index (κ3) is 6.14. The first-order valence-electron chi connectivity index (χ1n) is 14.1. The Morgan fingerprint density at radius 3 is 2.43 bits per heavy atom. The van der Waals surface area contributed by atoms with E-state index in [0.717, 1.165) is 25.2 Å². The molecular weight excluding hydrogens is 516 g/mol. The van der Waals surface area contributed by atoms with Crippen LogP contribution in [0.2, 0.25) is 0 Å². The molecule has 0 aromatic rings. The van der Waals surface area contributed by atoms with Gasteiger partial charge in [-0.3, -0.25) is 4.55 Å². The number of aliphatic hydroxyl groups is 1. The third-order valence-corrected chi connectivity index (χ3v) is 12.8. The standard InChI is InChI=1S/C27H46O8S2/c1-18(17-28)6-5-7-19(2)23-10-11-24-22-9-8-20-16-21(34-37(32,33)35-36(29,30)31)12-14-26(20,3)25(22)13-15-27(23,24)4/h8,18-19,21-25,28H,5-7,9-17H2,1-4H3,(H,29,30,31)/t18?,19-,21+,22+,23-,24+,25+,26+,27-/m1/s1. The van der Waals surface area contributed by atoms with Crippen molar-refractivity contribution in [1.29, 1.82) is 0 Å². The van der Waals surface area contributed by atoms with Crippen molar-refractivity contribution < 1.29 is 34.3 Å². The summed E-state index contributed by atoms with van der Waals surface area (Å²) in [6.07, 6.45) is 12.9. The molecule has 37 heavy (non-hydrogen) atoms. The van der Waals surface area contributed by atoms with Crippen molar-refractivity contribution in [2.45, 2.75) is 104 Å². The Balaban J connectivity index is 1.43. The summed E-state index contributed by atoms with van der Waals surface area (Å²) in [5, 5.41) is 9.35. The van der Waals surface area contributed by atoms with Gasteiger partial charge in [-0.1, -0.05) is 52.2 Å². The second kappa shape index (κ2) is 10.8. The fraction of sp³-hybridized carbons (Fsp3) is 0.926. The van der Waals surface area contributed by atoms with Gasteiger partial charge in [-0.2, -0.15) is 16.8 Å². The molecule has 214 valence electrons. The van der Waals surface area contributed by atoms with Gasteiger partial charge in [0, 0.05) is 6.61 Å². The van der Waals surface area contributed by atoms with Gasteiger partial charge in [0.25, 0.3) is 0 Å². The Kier molecular flexibility index (Phi) is 8.60. The van der Waals surface area contributed by atoms with Crippen molar-refractivity contribution >= 4 is 20.8 Å². The first-order chi connectivity index (χ1) is 17.2. The van der Waals surface area contributed by atoms with E-state index < -0.39 is 26.9 Å². The average molecular weight is 563 g/mol. The smallest absolute Gasteiger partial charge is 0.396 e. The van der Waals surface area contributed by atoms with Crippen LogP contribution in [0.15, 0.2) is 11.6 Å². The molecular formula is C27H46O8S2. The van der Waals surface area contributed by atoms with Crippen molar-refractivity contribution in [3.63, 3.8) is 0 Å². The van der Waals surface area contributed by atoms with Crippen LogP contribution in [0.3, 0.4) is 0 Å². The lowest BCUT2D eigenvalue weighted by Gasteiger charge is -2.58. The fourth-order valence-electron chi connectivity index (χ4n) is 9.05. The van der Waals surface area contributed by atoms with Gasteiger partial charge in [0.15, 0.2) is 0 Å². The monoisotopic (exact) mass is 562 g/mol. The topological polar surface area (TPSA) is 127 Å². The van der Waals surface area contributed by atoms with E-state index >= 15 is 0 Å². The molecule has 0 spiro atoms. The molecule has 0 aromatic heterocycles. The summed E-state index contributed by atoms with van der Waals surface area (Å²) in [4.78, 5) is 0. The van der Waals surface area contributed by atoms with E-state index in [4.69, 9.17) is 8.74 Å². The molecule has 0 radical (unpaired) electrons. The van der Waals surface area contributed by atoms with Crippen molar-refractivity contribution in [2.75, 3.05) is 6.61 Å². The highest BCUT2D eigenvalue weighted by Gasteiger charge is 2.59. The molecule has 0 saturated heterocycles.